The third kappa shape index (κ3) is 1.87. The van der Waals surface area contributed by atoms with Gasteiger partial charge in [0.2, 0.25) is 0 Å². The second-order valence-corrected chi connectivity index (χ2v) is 3.03. The number of esters is 1. The Kier molecular flexibility index (Phi) is 3.01. The molecule has 0 aliphatic heterocycles. The van der Waals surface area contributed by atoms with Crippen molar-refractivity contribution in [2.24, 2.45) is 0 Å². The Morgan fingerprint density at radius 2 is 2.08 bits per heavy atom. The Balaban J connectivity index is 3.26. The average Bonchev–Trinajstić information content (AvgIpc) is 2.13. The van der Waals surface area contributed by atoms with Crippen molar-refractivity contribution in [2.45, 2.75) is 0 Å². The summed E-state index contributed by atoms with van der Waals surface area (Å²) >= 11 is 11.2. The molecule has 0 aromatic heterocycles. The van der Waals surface area contributed by atoms with Crippen molar-refractivity contribution in [3.63, 3.8) is 0 Å². The highest BCUT2D eigenvalue weighted by Gasteiger charge is 2.15. The highest BCUT2D eigenvalue weighted by Crippen LogP contribution is 2.34. The maximum Gasteiger partial charge on any atom is 0.341 e. The zero-order valence-corrected chi connectivity index (χ0v) is 8.19. The van der Waals surface area contributed by atoms with Crippen molar-refractivity contribution >= 4 is 29.2 Å². The summed E-state index contributed by atoms with van der Waals surface area (Å²) in [6, 6.07) is 2.76. The fraction of sp³-hybridized carbons (Fsp3) is 0.125. The summed E-state index contributed by atoms with van der Waals surface area (Å²) in [5.74, 6) is -1.02. The van der Waals surface area contributed by atoms with Gasteiger partial charge in [-0.25, -0.2) is 4.79 Å². The molecular formula is C8H6Cl2O3. The van der Waals surface area contributed by atoms with Crippen LogP contribution in [0.4, 0.5) is 0 Å². The lowest BCUT2D eigenvalue weighted by atomic mass is 10.2. The van der Waals surface area contributed by atoms with Gasteiger partial charge in [-0.2, -0.15) is 0 Å². The summed E-state index contributed by atoms with van der Waals surface area (Å²) in [5.41, 5.74) is -0.00287. The first-order valence-electron chi connectivity index (χ1n) is 3.33. The lowest BCUT2D eigenvalue weighted by molar-refractivity contribution is 0.0597. The van der Waals surface area contributed by atoms with Crippen LogP contribution in [0.15, 0.2) is 12.1 Å². The average molecular weight is 221 g/mol. The molecule has 5 heteroatoms. The molecule has 70 valence electrons. The number of methoxy groups -OCH3 is 1. The molecule has 0 aliphatic carbocycles. The van der Waals surface area contributed by atoms with Crippen LogP contribution in [0.25, 0.3) is 0 Å². The Bertz CT molecular complexity index is 349. The molecule has 0 saturated carbocycles. The molecule has 1 N–H and O–H groups in total. The van der Waals surface area contributed by atoms with Crippen molar-refractivity contribution in [2.75, 3.05) is 7.11 Å². The lowest BCUT2D eigenvalue weighted by Gasteiger charge is -2.04. The highest BCUT2D eigenvalue weighted by molar-refractivity contribution is 6.43. The van der Waals surface area contributed by atoms with E-state index in [4.69, 9.17) is 23.2 Å². The second kappa shape index (κ2) is 3.85. The molecule has 0 heterocycles. The minimum Gasteiger partial charge on any atom is -0.505 e. The number of ether oxygens (including phenoxy) is 1. The van der Waals surface area contributed by atoms with Gasteiger partial charge in [-0.3, -0.25) is 0 Å². The Morgan fingerprint density at radius 1 is 1.46 bits per heavy atom. The predicted octanol–water partition coefficient (Wildman–Crippen LogP) is 2.49. The second-order valence-electron chi connectivity index (χ2n) is 2.25. The van der Waals surface area contributed by atoms with E-state index in [2.05, 4.69) is 4.74 Å². The molecule has 0 radical (unpaired) electrons. The summed E-state index contributed by atoms with van der Waals surface area (Å²) in [6.07, 6.45) is 0. The maximum atomic E-state index is 11.0. The van der Waals surface area contributed by atoms with Crippen LogP contribution in [-0.4, -0.2) is 18.2 Å². The smallest absolute Gasteiger partial charge is 0.341 e. The largest absolute Gasteiger partial charge is 0.505 e. The standard InChI is InChI=1S/C8H6Cl2O3/c1-13-8(12)4-2-3-5(9)6(10)7(4)11/h2-3,11H,1H3. The third-order valence-electron chi connectivity index (χ3n) is 1.47. The highest BCUT2D eigenvalue weighted by atomic mass is 35.5. The number of benzene rings is 1. The number of hydrogen-bond donors (Lipinski definition) is 1. The van der Waals surface area contributed by atoms with Crippen LogP contribution in [0.3, 0.4) is 0 Å². The van der Waals surface area contributed by atoms with Gasteiger partial charge in [0, 0.05) is 0 Å². The van der Waals surface area contributed by atoms with Crippen LogP contribution in [-0.2, 0) is 4.74 Å². The fourth-order valence-electron chi connectivity index (χ4n) is 0.815. The van der Waals surface area contributed by atoms with E-state index in [-0.39, 0.29) is 21.4 Å². The van der Waals surface area contributed by atoms with E-state index in [1.165, 1.54) is 19.2 Å². The summed E-state index contributed by atoms with van der Waals surface area (Å²) < 4.78 is 4.41. The van der Waals surface area contributed by atoms with Crippen molar-refractivity contribution in [1.29, 1.82) is 0 Å². The van der Waals surface area contributed by atoms with Crippen LogP contribution in [0, 0.1) is 0 Å². The number of phenols is 1. The molecule has 1 aromatic rings. The van der Waals surface area contributed by atoms with Crippen LogP contribution in [0.5, 0.6) is 5.75 Å². The summed E-state index contributed by atoms with van der Waals surface area (Å²) in [4.78, 5) is 11.0. The molecule has 0 aliphatic rings. The molecule has 0 bridgehead atoms. The van der Waals surface area contributed by atoms with Crippen molar-refractivity contribution < 1.29 is 14.6 Å². The number of carbonyl (C=O) groups is 1. The summed E-state index contributed by atoms with van der Waals surface area (Å²) in [7, 11) is 1.21. The van der Waals surface area contributed by atoms with Crippen molar-refractivity contribution in [3.8, 4) is 5.75 Å². The van der Waals surface area contributed by atoms with E-state index < -0.39 is 5.97 Å². The minimum absolute atomic E-state index is 0.00287. The monoisotopic (exact) mass is 220 g/mol. The quantitative estimate of drug-likeness (QED) is 0.741. The maximum absolute atomic E-state index is 11.0. The van der Waals surface area contributed by atoms with Crippen molar-refractivity contribution in [3.05, 3.63) is 27.7 Å². The minimum atomic E-state index is -0.656. The molecule has 1 aromatic carbocycles. The van der Waals surface area contributed by atoms with Gasteiger partial charge >= 0.3 is 5.97 Å². The zero-order valence-electron chi connectivity index (χ0n) is 6.67. The van der Waals surface area contributed by atoms with Gasteiger partial charge in [-0.1, -0.05) is 23.2 Å². The van der Waals surface area contributed by atoms with Gasteiger partial charge in [0.15, 0.2) is 0 Å². The number of carbonyl (C=O) groups excluding carboxylic acids is 1. The Labute approximate surface area is 84.8 Å². The van der Waals surface area contributed by atoms with Crippen molar-refractivity contribution in [1.82, 2.24) is 0 Å². The van der Waals surface area contributed by atoms with Crippen LogP contribution in [0.1, 0.15) is 10.4 Å². The van der Waals surface area contributed by atoms with Gasteiger partial charge in [-0.15, -0.1) is 0 Å². The van der Waals surface area contributed by atoms with Crippen LogP contribution >= 0.6 is 23.2 Å². The van der Waals surface area contributed by atoms with Gasteiger partial charge in [0.1, 0.15) is 16.3 Å². The number of phenolic OH excluding ortho intramolecular Hbond substituents is 1. The molecule has 0 saturated heterocycles. The van der Waals surface area contributed by atoms with E-state index in [0.717, 1.165) is 0 Å². The first-order valence-corrected chi connectivity index (χ1v) is 4.08. The lowest BCUT2D eigenvalue weighted by Crippen LogP contribution is -2.01. The third-order valence-corrected chi connectivity index (χ3v) is 2.27. The van der Waals surface area contributed by atoms with E-state index in [1.807, 2.05) is 0 Å². The van der Waals surface area contributed by atoms with E-state index in [1.54, 1.807) is 0 Å². The fourth-order valence-corrected chi connectivity index (χ4v) is 1.13. The molecule has 0 atom stereocenters. The van der Waals surface area contributed by atoms with E-state index >= 15 is 0 Å². The van der Waals surface area contributed by atoms with Gasteiger partial charge in [0.05, 0.1) is 12.1 Å². The number of halogens is 2. The molecule has 0 fully saturated rings. The molecule has 0 unspecified atom stereocenters. The molecule has 3 nitrogen and oxygen atoms in total. The Morgan fingerprint density at radius 3 is 2.62 bits per heavy atom. The van der Waals surface area contributed by atoms with Gasteiger partial charge in [0.25, 0.3) is 0 Å². The molecule has 0 spiro atoms. The first-order chi connectivity index (χ1) is 6.07. The van der Waals surface area contributed by atoms with Gasteiger partial charge in [-0.05, 0) is 12.1 Å². The summed E-state index contributed by atoms with van der Waals surface area (Å²) in [5, 5.41) is 9.50. The first kappa shape index (κ1) is 10.2. The van der Waals surface area contributed by atoms with Crippen LogP contribution in [0.2, 0.25) is 10.0 Å². The predicted molar refractivity (Wildman–Crippen MR) is 49.5 cm³/mol. The molecule has 0 amide bonds. The van der Waals surface area contributed by atoms with Gasteiger partial charge < -0.3 is 9.84 Å². The normalized spacial score (nSPS) is 9.77. The Hall–Kier alpha value is -0.930. The summed E-state index contributed by atoms with van der Waals surface area (Å²) in [6.45, 7) is 0. The van der Waals surface area contributed by atoms with E-state index in [9.17, 15) is 9.90 Å². The van der Waals surface area contributed by atoms with Crippen LogP contribution < -0.4 is 0 Å². The molecule has 1 rings (SSSR count). The number of hydrogen-bond acceptors (Lipinski definition) is 3. The SMILES string of the molecule is COC(=O)c1ccc(Cl)c(Cl)c1O. The molecular weight excluding hydrogens is 215 g/mol. The number of aromatic hydroxyl groups is 1. The zero-order chi connectivity index (χ0) is 10.0. The topological polar surface area (TPSA) is 46.5 Å². The van der Waals surface area contributed by atoms with E-state index in [0.29, 0.717) is 0 Å². The molecule has 13 heavy (non-hydrogen) atoms. The number of rotatable bonds is 1.